The molecule has 9 aromatic carbocycles. The van der Waals surface area contributed by atoms with E-state index < -0.39 is 0 Å². The minimum absolute atomic E-state index is 0.652. The molecule has 4 aromatic heterocycles. The Labute approximate surface area is 361 Å². The van der Waals surface area contributed by atoms with Crippen molar-refractivity contribution >= 4 is 65.8 Å². The molecule has 0 N–H and O–H groups in total. The van der Waals surface area contributed by atoms with E-state index in [4.69, 9.17) is 18.8 Å². The Kier molecular flexibility index (Phi) is 7.84. The second kappa shape index (κ2) is 14.0. The van der Waals surface area contributed by atoms with Gasteiger partial charge in [-0.3, -0.25) is 0 Å². The van der Waals surface area contributed by atoms with Crippen LogP contribution in [0, 0.1) is 0 Å². The Morgan fingerprint density at radius 2 is 0.905 bits per heavy atom. The van der Waals surface area contributed by atoms with Crippen LogP contribution in [0.4, 0.5) is 0 Å². The fourth-order valence-electron chi connectivity index (χ4n) is 9.52. The lowest BCUT2D eigenvalue weighted by Crippen LogP contribution is -1.92. The summed E-state index contributed by atoms with van der Waals surface area (Å²) in [7, 11) is 0. The zero-order valence-electron chi connectivity index (χ0n) is 33.9. The van der Waals surface area contributed by atoms with Crippen molar-refractivity contribution in [3.63, 3.8) is 0 Å². The van der Waals surface area contributed by atoms with Gasteiger partial charge in [-0.25, -0.2) is 9.97 Å². The highest BCUT2D eigenvalue weighted by atomic mass is 16.3. The summed E-state index contributed by atoms with van der Waals surface area (Å²) in [6, 6.07) is 73.0. The van der Waals surface area contributed by atoms with E-state index in [1.165, 1.54) is 38.5 Å². The molecule has 0 aliphatic heterocycles. The molecule has 63 heavy (non-hydrogen) atoms. The van der Waals surface area contributed by atoms with Gasteiger partial charge in [0.25, 0.3) is 0 Å². The first kappa shape index (κ1) is 35.2. The number of hydrogen-bond acceptors (Lipinski definition) is 4. The molecular weight excluding hydrogens is 771 g/mol. The van der Waals surface area contributed by atoms with Gasteiger partial charge in [0.05, 0.1) is 11.0 Å². The summed E-state index contributed by atoms with van der Waals surface area (Å²) < 4.78 is 15.5. The summed E-state index contributed by atoms with van der Waals surface area (Å²) in [6.45, 7) is 0. The highest BCUT2D eigenvalue weighted by Gasteiger charge is 2.21. The summed E-state index contributed by atoms with van der Waals surface area (Å²) in [6.07, 6.45) is 1.64. The van der Waals surface area contributed by atoms with Crippen LogP contribution >= 0.6 is 0 Å². The Morgan fingerprint density at radius 1 is 0.349 bits per heavy atom. The van der Waals surface area contributed by atoms with Crippen molar-refractivity contribution in [2.75, 3.05) is 0 Å². The fourth-order valence-corrected chi connectivity index (χ4v) is 9.52. The molecule has 0 atom stereocenters. The van der Waals surface area contributed by atoms with Gasteiger partial charge >= 0.3 is 0 Å². The summed E-state index contributed by atoms with van der Waals surface area (Å²) in [5.41, 5.74) is 18.2. The molecule has 0 spiro atoms. The number of fused-ring (bicyclic) bond motifs is 9. The van der Waals surface area contributed by atoms with Crippen molar-refractivity contribution in [3.8, 4) is 61.5 Å². The van der Waals surface area contributed by atoms with Gasteiger partial charge in [0.2, 0.25) is 0 Å². The van der Waals surface area contributed by atoms with E-state index in [0.29, 0.717) is 5.58 Å². The average Bonchev–Trinajstić information content (AvgIpc) is 4.03. The molecule has 294 valence electrons. The summed E-state index contributed by atoms with van der Waals surface area (Å²) in [4.78, 5) is 9.64. The topological polar surface area (TPSA) is 57.0 Å². The number of aromatic nitrogens is 3. The third-order valence-electron chi connectivity index (χ3n) is 12.5. The average molecular weight is 806 g/mol. The fraction of sp³-hybridized carbons (Fsp3) is 0. The lowest BCUT2D eigenvalue weighted by Gasteiger charge is -2.09. The van der Waals surface area contributed by atoms with Gasteiger partial charge in [0.1, 0.15) is 34.3 Å². The van der Waals surface area contributed by atoms with Crippen LogP contribution in [-0.2, 0) is 0 Å². The first-order valence-corrected chi connectivity index (χ1v) is 21.2. The van der Waals surface area contributed by atoms with Crippen molar-refractivity contribution in [3.05, 3.63) is 213 Å². The second-order valence-electron chi connectivity index (χ2n) is 16.1. The lowest BCUT2D eigenvalue weighted by atomic mass is 9.96. The standard InChI is InChI=1S/C58H35N3O2/c1-3-11-36(12-4-1)37-21-23-38(24-22-37)41-26-30-53-49(34-41)57-58(63-53)56(59-35-60-57)46-18-10-20-54-55(46)48-33-43(27-29-52(48)62-54)40-14-9-13-39(31-40)42-25-28-51-47(32-42)45-17-7-8-19-50(45)61(51)44-15-5-2-6-16-44/h1-35H. The van der Waals surface area contributed by atoms with Crippen LogP contribution in [-0.4, -0.2) is 14.5 Å². The number of hydrogen-bond donors (Lipinski definition) is 0. The van der Waals surface area contributed by atoms with E-state index in [-0.39, 0.29) is 0 Å². The van der Waals surface area contributed by atoms with Crippen LogP contribution in [0.5, 0.6) is 0 Å². The van der Waals surface area contributed by atoms with Crippen molar-refractivity contribution < 1.29 is 8.83 Å². The first-order chi connectivity index (χ1) is 31.2. The Hall–Kier alpha value is -8.54. The number of benzene rings is 9. The van der Waals surface area contributed by atoms with Crippen molar-refractivity contribution in [1.82, 2.24) is 14.5 Å². The van der Waals surface area contributed by atoms with Crippen LogP contribution in [0.25, 0.3) is 127 Å². The van der Waals surface area contributed by atoms with E-state index in [1.807, 2.05) is 24.3 Å². The van der Waals surface area contributed by atoms with E-state index in [9.17, 15) is 0 Å². The van der Waals surface area contributed by atoms with Gasteiger partial charge in [0, 0.05) is 38.2 Å². The first-order valence-electron chi connectivity index (χ1n) is 21.2. The molecule has 4 heterocycles. The normalized spacial score (nSPS) is 11.8. The molecule has 0 aliphatic carbocycles. The second-order valence-corrected chi connectivity index (χ2v) is 16.1. The maximum Gasteiger partial charge on any atom is 0.180 e. The Bertz CT molecular complexity index is 3900. The van der Waals surface area contributed by atoms with Crippen LogP contribution < -0.4 is 0 Å². The minimum Gasteiger partial charge on any atom is -0.456 e. The van der Waals surface area contributed by atoms with E-state index in [1.54, 1.807) is 6.33 Å². The molecule has 5 heteroatoms. The van der Waals surface area contributed by atoms with Gasteiger partial charge in [-0.05, 0) is 111 Å². The predicted octanol–water partition coefficient (Wildman–Crippen LogP) is 15.7. The van der Waals surface area contributed by atoms with Crippen molar-refractivity contribution in [2.45, 2.75) is 0 Å². The van der Waals surface area contributed by atoms with E-state index >= 15 is 0 Å². The highest BCUT2D eigenvalue weighted by molar-refractivity contribution is 6.17. The van der Waals surface area contributed by atoms with E-state index in [2.05, 4.69) is 187 Å². The molecule has 0 saturated carbocycles. The highest BCUT2D eigenvalue weighted by Crippen LogP contribution is 2.43. The molecule has 0 unspecified atom stereocenters. The number of para-hydroxylation sites is 2. The van der Waals surface area contributed by atoms with Crippen LogP contribution in [0.3, 0.4) is 0 Å². The van der Waals surface area contributed by atoms with Crippen LogP contribution in [0.15, 0.2) is 221 Å². The molecule has 0 amide bonds. The molecule has 0 saturated heterocycles. The number of furan rings is 2. The van der Waals surface area contributed by atoms with Gasteiger partial charge in [-0.1, -0.05) is 140 Å². The number of nitrogens with zero attached hydrogens (tertiary/aromatic N) is 3. The molecule has 13 aromatic rings. The SMILES string of the molecule is c1ccc(-c2ccc(-c3ccc4oc5c(-c6cccc7oc8ccc(-c9cccc(-c%10ccc%11c(c%10)c%10ccccc%10n%11-c%10ccccc%10)c9)cc8c67)ncnc5c4c3)cc2)cc1. The quantitative estimate of drug-likeness (QED) is 0.168. The third-order valence-corrected chi connectivity index (χ3v) is 12.5. The van der Waals surface area contributed by atoms with Gasteiger partial charge in [-0.2, -0.15) is 0 Å². The monoisotopic (exact) mass is 805 g/mol. The van der Waals surface area contributed by atoms with Crippen molar-refractivity contribution in [1.29, 1.82) is 0 Å². The Morgan fingerprint density at radius 3 is 1.70 bits per heavy atom. The largest absolute Gasteiger partial charge is 0.456 e. The minimum atomic E-state index is 0.652. The van der Waals surface area contributed by atoms with Gasteiger partial charge < -0.3 is 13.4 Å². The molecule has 0 bridgehead atoms. The van der Waals surface area contributed by atoms with Gasteiger partial charge in [0.15, 0.2) is 5.58 Å². The van der Waals surface area contributed by atoms with E-state index in [0.717, 1.165) is 83.2 Å². The third kappa shape index (κ3) is 5.71. The zero-order valence-corrected chi connectivity index (χ0v) is 33.9. The molecule has 0 fully saturated rings. The molecule has 5 nitrogen and oxygen atoms in total. The zero-order chi connectivity index (χ0) is 41.4. The number of rotatable bonds is 6. The van der Waals surface area contributed by atoms with Crippen LogP contribution in [0.1, 0.15) is 0 Å². The molecular formula is C58H35N3O2. The molecule has 0 radical (unpaired) electrons. The summed E-state index contributed by atoms with van der Waals surface area (Å²) in [5, 5.41) is 5.42. The van der Waals surface area contributed by atoms with Crippen molar-refractivity contribution in [2.24, 2.45) is 0 Å². The summed E-state index contributed by atoms with van der Waals surface area (Å²) in [5.74, 6) is 0. The molecule has 0 aliphatic rings. The maximum absolute atomic E-state index is 6.61. The maximum atomic E-state index is 6.61. The molecule has 13 rings (SSSR count). The predicted molar refractivity (Wildman–Crippen MR) is 258 cm³/mol. The summed E-state index contributed by atoms with van der Waals surface area (Å²) >= 11 is 0. The van der Waals surface area contributed by atoms with Gasteiger partial charge in [-0.15, -0.1) is 0 Å². The Balaban J connectivity index is 0.888. The van der Waals surface area contributed by atoms with Crippen LogP contribution in [0.2, 0.25) is 0 Å². The lowest BCUT2D eigenvalue weighted by molar-refractivity contribution is 0.667. The smallest absolute Gasteiger partial charge is 0.180 e.